The standard InChI is InChI=1S/C59H95N3O16/c1-37-17-12-11-13-18-38(2)49(73-8)35-45-22-20-43(7)59(72,78-45)55(68)56(69)62-26-15-14-19-46(62)57(70)76-50(36-47(65)39(3)32-42(6)53(67)54(75-10)52(66)41(5)31-37)40(4)33-44-21-23-48(51(34-44)74-9)77-58(71)60-24-16-25-61(27-29-63)28-30-64/h11-13,17-18,32,37,39-41,43-46,48-51,53-54,63-64,67,72H,14-16,19-31,33-36H2,1-10H3,(H,60,71)/b13-11+,17-12-,38-18+,42-32+/t37-,39-,40-,41-,43-,44?,45+,46+,48+,49+,50+,51+,53-,54+,59-/m1/s1. The number of carbonyl (C=O) groups excluding carboxylic acids is 6. The lowest BCUT2D eigenvalue weighted by Crippen LogP contribution is -2.61. The maximum absolute atomic E-state index is 14.6. The minimum Gasteiger partial charge on any atom is -0.460 e. The summed E-state index contributed by atoms with van der Waals surface area (Å²) in [6.45, 7) is 14.3. The molecule has 15 atom stereocenters. The highest BCUT2D eigenvalue weighted by Crippen LogP contribution is 2.38. The molecular weight excluding hydrogens is 1010 g/mol. The molecule has 3 aliphatic heterocycles. The molecule has 1 saturated carbocycles. The molecule has 19 nitrogen and oxygen atoms in total. The number of rotatable bonds is 15. The van der Waals surface area contributed by atoms with Gasteiger partial charge in [0.25, 0.3) is 11.7 Å². The van der Waals surface area contributed by atoms with Gasteiger partial charge in [0, 0.05) is 78.1 Å². The molecule has 1 aliphatic carbocycles. The van der Waals surface area contributed by atoms with Crippen molar-refractivity contribution < 1.29 is 77.6 Å². The third-order valence-corrected chi connectivity index (χ3v) is 16.5. The lowest BCUT2D eigenvalue weighted by Gasteiger charge is -2.42. The molecule has 2 saturated heterocycles. The van der Waals surface area contributed by atoms with Gasteiger partial charge in [-0.05, 0) is 120 Å². The number of aliphatic hydroxyl groups excluding tert-OH is 3. The topological polar surface area (TPSA) is 257 Å². The van der Waals surface area contributed by atoms with Crippen molar-refractivity contribution in [2.24, 2.45) is 35.5 Å². The van der Waals surface area contributed by atoms with Crippen molar-refractivity contribution >= 4 is 35.3 Å². The first-order valence-electron chi connectivity index (χ1n) is 28.5. The van der Waals surface area contributed by atoms with Gasteiger partial charge in [-0.25, -0.2) is 9.59 Å². The predicted octanol–water partition coefficient (Wildman–Crippen LogP) is 5.59. The summed E-state index contributed by atoms with van der Waals surface area (Å²) in [5, 5.41) is 45.0. The Morgan fingerprint density at radius 1 is 0.859 bits per heavy atom. The van der Waals surface area contributed by atoms with Crippen molar-refractivity contribution in [2.75, 3.05) is 67.3 Å². The van der Waals surface area contributed by atoms with Gasteiger partial charge < -0.3 is 59.1 Å². The number of esters is 1. The van der Waals surface area contributed by atoms with Gasteiger partial charge in [0.1, 0.15) is 36.2 Å². The van der Waals surface area contributed by atoms with Crippen LogP contribution < -0.4 is 5.32 Å². The van der Waals surface area contributed by atoms with E-state index >= 15 is 0 Å². The fraction of sp³-hybridized carbons (Fsp3) is 0.763. The Kier molecular flexibility index (Phi) is 28.0. The average Bonchev–Trinajstić information content (AvgIpc) is 3.41. The zero-order valence-corrected chi connectivity index (χ0v) is 48.3. The average molecular weight is 1100 g/mol. The second-order valence-corrected chi connectivity index (χ2v) is 22.5. The van der Waals surface area contributed by atoms with Gasteiger partial charge in [0.05, 0.1) is 31.5 Å². The van der Waals surface area contributed by atoms with Crippen molar-refractivity contribution in [1.82, 2.24) is 15.1 Å². The third kappa shape index (κ3) is 19.2. The quantitative estimate of drug-likeness (QED) is 0.0580. The van der Waals surface area contributed by atoms with Crippen LogP contribution in [0.25, 0.3) is 0 Å². The summed E-state index contributed by atoms with van der Waals surface area (Å²) in [6.07, 6.45) is 10.3. The van der Waals surface area contributed by atoms with Crippen LogP contribution in [-0.2, 0) is 52.4 Å². The Morgan fingerprint density at radius 3 is 2.24 bits per heavy atom. The molecule has 2 bridgehead atoms. The Bertz CT molecular complexity index is 2070. The number of piperidine rings is 1. The van der Waals surface area contributed by atoms with Crippen LogP contribution in [0.3, 0.4) is 0 Å². The number of alkyl carbamates (subject to hydrolysis) is 1. The monoisotopic (exact) mass is 1100 g/mol. The maximum atomic E-state index is 14.6. The Labute approximate surface area is 463 Å². The number of amides is 2. The number of ketones is 3. The largest absolute Gasteiger partial charge is 0.460 e. The first kappa shape index (κ1) is 66.3. The van der Waals surface area contributed by atoms with E-state index in [0.717, 1.165) is 5.57 Å². The van der Waals surface area contributed by atoms with Crippen molar-refractivity contribution in [2.45, 2.75) is 186 Å². The van der Waals surface area contributed by atoms with Crippen LogP contribution in [0.5, 0.6) is 0 Å². The molecule has 78 heavy (non-hydrogen) atoms. The van der Waals surface area contributed by atoms with Crippen LogP contribution in [0.15, 0.2) is 47.6 Å². The molecule has 4 rings (SSSR count). The summed E-state index contributed by atoms with van der Waals surface area (Å²) in [6, 6.07) is -1.19. The SMILES string of the molecule is CO[C@H]1C[C@@H]2CC[C@@H](C)[C@@](O)(O2)C(=O)C(=O)N2CCCC[C@H]2C(=O)O[C@H]([C@H](C)CC2CC[C@H](OC(=O)NCCCN(CCO)CCO)[C@@H](OC)C2)CC(=O)[C@H](C)/C=C(\C)[C@@H](O)[C@@H](OC)C(=O)[C@H](C)C[C@H](C)\C=C/C=C/C=C/1C. The van der Waals surface area contributed by atoms with E-state index in [1.165, 1.54) is 12.0 Å². The highest BCUT2D eigenvalue weighted by molar-refractivity contribution is 6.39. The second kappa shape index (κ2) is 32.9. The number of nitrogens with zero attached hydrogens (tertiary/aromatic N) is 2. The number of hydrogen-bond donors (Lipinski definition) is 5. The molecule has 0 aromatic rings. The minimum absolute atomic E-state index is 0.00306. The van der Waals surface area contributed by atoms with E-state index in [4.69, 9.17) is 28.4 Å². The molecule has 1 unspecified atom stereocenters. The highest BCUT2D eigenvalue weighted by Gasteiger charge is 2.53. The number of allylic oxidation sites excluding steroid dienone is 6. The lowest BCUT2D eigenvalue weighted by atomic mass is 9.78. The molecule has 0 spiro atoms. The van der Waals surface area contributed by atoms with E-state index in [2.05, 4.69) is 5.32 Å². The minimum atomic E-state index is -2.47. The van der Waals surface area contributed by atoms with Gasteiger partial charge in [-0.3, -0.25) is 24.1 Å². The molecule has 0 aromatic heterocycles. The lowest BCUT2D eigenvalue weighted by molar-refractivity contribution is -0.265. The Hall–Kier alpha value is -4.18. The number of nitrogens with one attached hydrogen (secondary N) is 1. The van der Waals surface area contributed by atoms with Gasteiger partial charge in [-0.2, -0.15) is 0 Å². The number of ether oxygens (including phenoxy) is 6. The number of cyclic esters (lactones) is 1. The maximum Gasteiger partial charge on any atom is 0.407 e. The van der Waals surface area contributed by atoms with Crippen LogP contribution in [0.2, 0.25) is 0 Å². The van der Waals surface area contributed by atoms with E-state index in [9.17, 15) is 49.2 Å². The number of Topliss-reactive ketones (excluding diaryl/α,β-unsaturated/α-hetero) is 3. The molecule has 3 fully saturated rings. The summed E-state index contributed by atoms with van der Waals surface area (Å²) in [7, 11) is 4.49. The van der Waals surface area contributed by atoms with Gasteiger partial charge >= 0.3 is 12.1 Å². The van der Waals surface area contributed by atoms with Crippen LogP contribution in [0.4, 0.5) is 4.79 Å². The van der Waals surface area contributed by atoms with E-state index in [1.807, 2.05) is 56.1 Å². The van der Waals surface area contributed by atoms with Gasteiger partial charge in [-0.1, -0.05) is 71.1 Å². The number of fused-ring (bicyclic) bond motifs is 3. The molecule has 5 N–H and O–H groups in total. The summed E-state index contributed by atoms with van der Waals surface area (Å²) in [4.78, 5) is 87.5. The fourth-order valence-corrected chi connectivity index (χ4v) is 11.5. The molecule has 3 heterocycles. The van der Waals surface area contributed by atoms with Crippen molar-refractivity contribution in [3.8, 4) is 0 Å². The van der Waals surface area contributed by atoms with Gasteiger partial charge in [0.15, 0.2) is 5.78 Å². The first-order valence-corrected chi connectivity index (χ1v) is 28.5. The normalized spacial score (nSPS) is 35.6. The second-order valence-electron chi connectivity index (χ2n) is 22.5. The van der Waals surface area contributed by atoms with Crippen molar-refractivity contribution in [1.29, 1.82) is 0 Å². The van der Waals surface area contributed by atoms with E-state index < -0.39 is 102 Å². The van der Waals surface area contributed by atoms with E-state index in [-0.39, 0.29) is 56.0 Å². The van der Waals surface area contributed by atoms with Crippen molar-refractivity contribution in [3.63, 3.8) is 0 Å². The highest BCUT2D eigenvalue weighted by atomic mass is 16.6. The van der Waals surface area contributed by atoms with Crippen molar-refractivity contribution in [3.05, 3.63) is 47.6 Å². The number of methoxy groups -OCH3 is 3. The van der Waals surface area contributed by atoms with Gasteiger partial charge in [-0.15, -0.1) is 0 Å². The van der Waals surface area contributed by atoms with E-state index in [0.29, 0.717) is 102 Å². The smallest absolute Gasteiger partial charge is 0.407 e. The summed E-state index contributed by atoms with van der Waals surface area (Å²) >= 11 is 0. The number of aliphatic hydroxyl groups is 4. The molecule has 4 aliphatic rings. The molecular formula is C59H95N3O16. The number of hydrogen-bond acceptors (Lipinski definition) is 17. The molecule has 2 amide bonds. The fourth-order valence-electron chi connectivity index (χ4n) is 11.5. The van der Waals surface area contributed by atoms with E-state index in [1.54, 1.807) is 48.0 Å². The van der Waals surface area contributed by atoms with Crippen LogP contribution in [0, 0.1) is 35.5 Å². The summed E-state index contributed by atoms with van der Waals surface area (Å²) in [5.74, 6) is -8.48. The zero-order valence-electron chi connectivity index (χ0n) is 48.3. The molecule has 442 valence electrons. The summed E-state index contributed by atoms with van der Waals surface area (Å²) in [5.41, 5.74) is 1.22. The first-order chi connectivity index (χ1) is 37.1. The molecule has 0 aromatic carbocycles. The third-order valence-electron chi connectivity index (χ3n) is 16.5. The summed E-state index contributed by atoms with van der Waals surface area (Å²) < 4.78 is 35.7. The number of carbonyl (C=O) groups is 6. The molecule has 0 radical (unpaired) electrons. The van der Waals surface area contributed by atoms with Crippen LogP contribution in [-0.4, -0.2) is 187 Å². The predicted molar refractivity (Wildman–Crippen MR) is 293 cm³/mol. The Morgan fingerprint density at radius 2 is 1.58 bits per heavy atom. The molecule has 19 heteroatoms. The van der Waals surface area contributed by atoms with Crippen LogP contribution >= 0.6 is 0 Å². The van der Waals surface area contributed by atoms with Gasteiger partial charge in [0.2, 0.25) is 5.79 Å². The zero-order chi connectivity index (χ0) is 57.7. The Balaban J connectivity index is 1.62. The van der Waals surface area contributed by atoms with Crippen LogP contribution in [0.1, 0.15) is 132 Å².